The van der Waals surface area contributed by atoms with Gasteiger partial charge in [0.15, 0.2) is 5.78 Å². The molecule has 0 unspecified atom stereocenters. The molecule has 0 bridgehead atoms. The van der Waals surface area contributed by atoms with Gasteiger partial charge in [-0.25, -0.2) is 0 Å². The third-order valence-electron chi connectivity index (χ3n) is 3.40. The number of Topliss-reactive ketones (excluding diaryl/α,β-unsaturated/α-hetero) is 1. The molecule has 5 heteroatoms. The van der Waals surface area contributed by atoms with Crippen molar-refractivity contribution in [2.45, 2.75) is 13.0 Å². The first-order chi connectivity index (χ1) is 9.63. The smallest absolute Gasteiger partial charge is 0.423 e. The molecule has 3 rings (SSSR count). The zero-order chi connectivity index (χ0) is 14.1. The van der Waals surface area contributed by atoms with Crippen LogP contribution in [0.25, 0.3) is 0 Å². The van der Waals surface area contributed by atoms with Gasteiger partial charge >= 0.3 is 7.12 Å². The molecule has 2 aromatic carbocycles. The van der Waals surface area contributed by atoms with E-state index in [1.807, 2.05) is 18.2 Å². The average molecular weight is 287 g/mol. The summed E-state index contributed by atoms with van der Waals surface area (Å²) in [6.07, 6.45) is 0.293. The first kappa shape index (κ1) is 13.4. The van der Waals surface area contributed by atoms with Crippen LogP contribution >= 0.6 is 11.6 Å². The van der Waals surface area contributed by atoms with Gasteiger partial charge in [0, 0.05) is 17.0 Å². The van der Waals surface area contributed by atoms with Crippen LogP contribution in [0.1, 0.15) is 21.5 Å². The normalized spacial score (nSPS) is 13.4. The van der Waals surface area contributed by atoms with Gasteiger partial charge in [-0.05, 0) is 40.9 Å². The number of benzene rings is 2. The van der Waals surface area contributed by atoms with Crippen molar-refractivity contribution in [2.24, 2.45) is 0 Å². The molecule has 0 aliphatic carbocycles. The second kappa shape index (κ2) is 5.41. The highest BCUT2D eigenvalue weighted by molar-refractivity contribution is 6.61. The van der Waals surface area contributed by atoms with Gasteiger partial charge in [0.2, 0.25) is 0 Å². The van der Waals surface area contributed by atoms with Crippen molar-refractivity contribution in [1.29, 1.82) is 0 Å². The SMILES string of the molecule is O=C(Cc1ccc2c(c1)B(O)OC2)c1ccc(Cl)cc1. The van der Waals surface area contributed by atoms with Crippen molar-refractivity contribution in [3.63, 3.8) is 0 Å². The molecule has 0 radical (unpaired) electrons. The molecule has 0 saturated heterocycles. The quantitative estimate of drug-likeness (QED) is 0.693. The number of halogens is 1. The van der Waals surface area contributed by atoms with Gasteiger partial charge in [0.1, 0.15) is 0 Å². The van der Waals surface area contributed by atoms with Gasteiger partial charge in [-0.2, -0.15) is 0 Å². The van der Waals surface area contributed by atoms with E-state index in [2.05, 4.69) is 0 Å². The van der Waals surface area contributed by atoms with E-state index < -0.39 is 7.12 Å². The molecule has 3 nitrogen and oxygen atoms in total. The van der Waals surface area contributed by atoms with Crippen molar-refractivity contribution < 1.29 is 14.5 Å². The summed E-state index contributed by atoms with van der Waals surface area (Å²) >= 11 is 5.80. The topological polar surface area (TPSA) is 46.5 Å². The van der Waals surface area contributed by atoms with Crippen molar-refractivity contribution in [3.05, 3.63) is 64.2 Å². The van der Waals surface area contributed by atoms with E-state index in [4.69, 9.17) is 16.3 Å². The monoisotopic (exact) mass is 286 g/mol. The Bertz CT molecular complexity index is 655. The molecule has 1 aliphatic rings. The Kier molecular flexibility index (Phi) is 3.61. The highest BCUT2D eigenvalue weighted by Crippen LogP contribution is 2.15. The van der Waals surface area contributed by atoms with Gasteiger partial charge < -0.3 is 9.68 Å². The van der Waals surface area contributed by atoms with Crippen molar-refractivity contribution in [3.8, 4) is 0 Å². The molecule has 0 amide bonds. The van der Waals surface area contributed by atoms with E-state index in [-0.39, 0.29) is 5.78 Å². The van der Waals surface area contributed by atoms with E-state index >= 15 is 0 Å². The maximum absolute atomic E-state index is 12.2. The Morgan fingerprint density at radius 1 is 1.25 bits per heavy atom. The first-order valence-electron chi connectivity index (χ1n) is 6.33. The van der Waals surface area contributed by atoms with E-state index in [0.29, 0.717) is 23.6 Å². The van der Waals surface area contributed by atoms with Crippen LogP contribution in [0.3, 0.4) is 0 Å². The fourth-order valence-electron chi connectivity index (χ4n) is 2.30. The maximum Gasteiger partial charge on any atom is 0.491 e. The number of hydrogen-bond acceptors (Lipinski definition) is 3. The summed E-state index contributed by atoms with van der Waals surface area (Å²) in [5.41, 5.74) is 3.23. The lowest BCUT2D eigenvalue weighted by Gasteiger charge is -2.05. The Balaban J connectivity index is 1.79. The van der Waals surface area contributed by atoms with E-state index in [0.717, 1.165) is 16.6 Å². The van der Waals surface area contributed by atoms with Crippen LogP contribution in [-0.4, -0.2) is 17.9 Å². The first-order valence-corrected chi connectivity index (χ1v) is 6.71. The predicted molar refractivity (Wildman–Crippen MR) is 78.3 cm³/mol. The fraction of sp³-hybridized carbons (Fsp3) is 0.133. The second-order valence-corrected chi connectivity index (χ2v) is 5.24. The summed E-state index contributed by atoms with van der Waals surface area (Å²) in [5.74, 6) is 0.0232. The Morgan fingerprint density at radius 2 is 2.00 bits per heavy atom. The summed E-state index contributed by atoms with van der Waals surface area (Å²) in [5, 5.41) is 10.3. The summed E-state index contributed by atoms with van der Waals surface area (Å²) < 4.78 is 5.14. The number of hydrogen-bond donors (Lipinski definition) is 1. The molecule has 0 spiro atoms. The van der Waals surface area contributed by atoms with Crippen LogP contribution < -0.4 is 5.46 Å². The minimum absolute atomic E-state index is 0.0232. The van der Waals surface area contributed by atoms with Crippen LogP contribution in [0.4, 0.5) is 0 Å². The minimum atomic E-state index is -0.879. The molecule has 0 aromatic heterocycles. The van der Waals surface area contributed by atoms with Gasteiger partial charge in [-0.15, -0.1) is 0 Å². The van der Waals surface area contributed by atoms with Crippen molar-refractivity contribution in [2.75, 3.05) is 0 Å². The van der Waals surface area contributed by atoms with Gasteiger partial charge in [0.25, 0.3) is 0 Å². The van der Waals surface area contributed by atoms with Gasteiger partial charge in [-0.1, -0.05) is 29.8 Å². The maximum atomic E-state index is 12.2. The Labute approximate surface area is 122 Å². The van der Waals surface area contributed by atoms with E-state index in [9.17, 15) is 9.82 Å². The van der Waals surface area contributed by atoms with E-state index in [1.54, 1.807) is 24.3 Å². The van der Waals surface area contributed by atoms with Crippen LogP contribution in [0.2, 0.25) is 5.02 Å². The molecule has 1 heterocycles. The Morgan fingerprint density at radius 3 is 2.75 bits per heavy atom. The molecule has 1 N–H and O–H groups in total. The summed E-state index contributed by atoms with van der Waals surface area (Å²) in [7, 11) is -0.879. The second-order valence-electron chi connectivity index (χ2n) is 4.80. The third kappa shape index (κ3) is 2.63. The predicted octanol–water partition coefficient (Wildman–Crippen LogP) is 1.98. The Hall–Kier alpha value is -1.62. The van der Waals surface area contributed by atoms with Crippen LogP contribution in [0.5, 0.6) is 0 Å². The van der Waals surface area contributed by atoms with E-state index in [1.165, 1.54) is 0 Å². The third-order valence-corrected chi connectivity index (χ3v) is 3.66. The summed E-state index contributed by atoms with van der Waals surface area (Å²) in [4.78, 5) is 12.2. The molecular weight excluding hydrogens is 274 g/mol. The lowest BCUT2D eigenvalue weighted by atomic mass is 9.78. The van der Waals surface area contributed by atoms with Gasteiger partial charge in [-0.3, -0.25) is 4.79 Å². The number of ketones is 1. The van der Waals surface area contributed by atoms with Crippen LogP contribution in [-0.2, 0) is 17.7 Å². The van der Waals surface area contributed by atoms with Crippen molar-refractivity contribution >= 4 is 30.0 Å². The molecule has 20 heavy (non-hydrogen) atoms. The zero-order valence-electron chi connectivity index (χ0n) is 10.7. The highest BCUT2D eigenvalue weighted by Gasteiger charge is 2.27. The summed E-state index contributed by atoms with van der Waals surface area (Å²) in [6.45, 7) is 0.419. The summed E-state index contributed by atoms with van der Waals surface area (Å²) in [6, 6.07) is 12.5. The number of carbonyl (C=O) groups is 1. The number of rotatable bonds is 3. The zero-order valence-corrected chi connectivity index (χ0v) is 11.4. The molecule has 0 saturated carbocycles. The van der Waals surface area contributed by atoms with Crippen molar-refractivity contribution in [1.82, 2.24) is 0 Å². The average Bonchev–Trinajstić information content (AvgIpc) is 2.81. The molecule has 0 atom stereocenters. The lowest BCUT2D eigenvalue weighted by molar-refractivity contribution is 0.0993. The molecule has 0 fully saturated rings. The molecular formula is C15H12BClO3. The van der Waals surface area contributed by atoms with Crippen LogP contribution in [0, 0.1) is 0 Å². The largest absolute Gasteiger partial charge is 0.491 e. The molecule has 1 aliphatic heterocycles. The fourth-order valence-corrected chi connectivity index (χ4v) is 2.42. The number of fused-ring (bicyclic) bond motifs is 1. The molecule has 100 valence electrons. The number of carbonyl (C=O) groups excluding carboxylic acids is 1. The van der Waals surface area contributed by atoms with Gasteiger partial charge in [0.05, 0.1) is 6.61 Å². The highest BCUT2D eigenvalue weighted by atomic mass is 35.5. The molecule has 2 aromatic rings. The van der Waals surface area contributed by atoms with Crippen LogP contribution in [0.15, 0.2) is 42.5 Å². The lowest BCUT2D eigenvalue weighted by Crippen LogP contribution is -2.28. The minimum Gasteiger partial charge on any atom is -0.423 e. The standard InChI is InChI=1S/C15H12BClO3/c17-13-5-3-11(4-6-13)15(18)8-10-1-2-12-9-20-16(19)14(12)7-10/h1-7,19H,8-9H2.